The fourth-order valence-electron chi connectivity index (χ4n) is 3.27. The first-order chi connectivity index (χ1) is 10.2. The van der Waals surface area contributed by atoms with Crippen LogP contribution in [0.2, 0.25) is 0 Å². The minimum atomic E-state index is -0.621. The van der Waals surface area contributed by atoms with Gasteiger partial charge in [0.25, 0.3) is 0 Å². The maximum absolute atomic E-state index is 11.9. The van der Waals surface area contributed by atoms with Crippen LogP contribution in [0.25, 0.3) is 0 Å². The molecule has 21 heavy (non-hydrogen) atoms. The van der Waals surface area contributed by atoms with Crippen LogP contribution in [0.15, 0.2) is 24.4 Å². The largest absolute Gasteiger partial charge is 0.481 e. The van der Waals surface area contributed by atoms with Crippen molar-refractivity contribution in [3.8, 4) is 0 Å². The number of carboxylic acids is 1. The van der Waals surface area contributed by atoms with Crippen molar-refractivity contribution in [3.05, 3.63) is 30.1 Å². The smallest absolute Gasteiger partial charge is 0.310 e. The highest BCUT2D eigenvalue weighted by Crippen LogP contribution is 2.36. The molecule has 1 heterocycles. The number of aliphatic carboxylic acids is 1. The van der Waals surface area contributed by atoms with E-state index in [9.17, 15) is 9.90 Å². The average Bonchev–Trinajstić information content (AvgIpc) is 2.74. The molecule has 2 rings (SSSR count). The molecule has 1 fully saturated rings. The minimum Gasteiger partial charge on any atom is -0.481 e. The van der Waals surface area contributed by atoms with Crippen LogP contribution in [0.3, 0.4) is 0 Å². The number of hydrogen-bond acceptors (Lipinski definition) is 3. The quantitative estimate of drug-likeness (QED) is 0.817. The lowest BCUT2D eigenvalue weighted by Crippen LogP contribution is -2.43. The molecule has 1 aliphatic rings. The van der Waals surface area contributed by atoms with Crippen molar-refractivity contribution in [2.45, 2.75) is 52.0 Å². The summed E-state index contributed by atoms with van der Waals surface area (Å²) in [6.45, 7) is 4.31. The molecule has 0 aromatic carbocycles. The summed E-state index contributed by atoms with van der Waals surface area (Å²) in [4.78, 5) is 18.5. The molecule has 0 unspecified atom stereocenters. The van der Waals surface area contributed by atoms with Crippen LogP contribution >= 0.6 is 0 Å². The van der Waals surface area contributed by atoms with E-state index in [2.05, 4.69) is 16.8 Å². The maximum atomic E-state index is 11.9. The zero-order chi connectivity index (χ0) is 15.1. The van der Waals surface area contributed by atoms with Gasteiger partial charge in [-0.25, -0.2) is 0 Å². The molecule has 0 spiro atoms. The Bertz CT molecular complexity index is 439. The molecule has 0 saturated heterocycles. The van der Waals surface area contributed by atoms with Crippen LogP contribution in [-0.2, 0) is 11.3 Å². The van der Waals surface area contributed by atoms with Crippen molar-refractivity contribution in [1.29, 1.82) is 0 Å². The van der Waals surface area contributed by atoms with Crippen molar-refractivity contribution in [2.24, 2.45) is 5.41 Å². The predicted octanol–water partition coefficient (Wildman–Crippen LogP) is 3.33. The van der Waals surface area contributed by atoms with Crippen LogP contribution in [0.1, 0.15) is 51.1 Å². The molecule has 116 valence electrons. The number of nitrogens with zero attached hydrogens (tertiary/aromatic N) is 2. The van der Waals surface area contributed by atoms with Crippen LogP contribution in [0, 0.1) is 5.41 Å². The lowest BCUT2D eigenvalue weighted by atomic mass is 9.80. The molecule has 1 aromatic rings. The number of rotatable bonds is 6. The first-order valence-electron chi connectivity index (χ1n) is 8.02. The van der Waals surface area contributed by atoms with E-state index in [0.717, 1.165) is 44.5 Å². The molecule has 1 saturated carbocycles. The summed E-state index contributed by atoms with van der Waals surface area (Å²) in [6, 6.07) is 5.89. The summed E-state index contributed by atoms with van der Waals surface area (Å²) in [6.07, 6.45) is 7.81. The van der Waals surface area contributed by atoms with E-state index in [0.29, 0.717) is 6.54 Å². The lowest BCUT2D eigenvalue weighted by Gasteiger charge is -2.34. The number of pyridine rings is 1. The van der Waals surface area contributed by atoms with E-state index in [-0.39, 0.29) is 0 Å². The summed E-state index contributed by atoms with van der Waals surface area (Å²) in [5, 5.41) is 9.78. The number of hydrogen-bond donors (Lipinski definition) is 1. The zero-order valence-corrected chi connectivity index (χ0v) is 12.9. The Morgan fingerprint density at radius 3 is 2.52 bits per heavy atom. The van der Waals surface area contributed by atoms with Gasteiger partial charge in [-0.3, -0.25) is 14.7 Å². The molecule has 1 N–H and O–H groups in total. The molecule has 0 atom stereocenters. The fraction of sp³-hybridized carbons (Fsp3) is 0.647. The molecule has 0 amide bonds. The first-order valence-corrected chi connectivity index (χ1v) is 8.02. The Labute approximate surface area is 127 Å². The van der Waals surface area contributed by atoms with Gasteiger partial charge in [-0.15, -0.1) is 0 Å². The summed E-state index contributed by atoms with van der Waals surface area (Å²) in [7, 11) is 0. The number of carbonyl (C=O) groups is 1. The van der Waals surface area contributed by atoms with E-state index in [1.807, 2.05) is 18.2 Å². The SMILES string of the molecule is CCN(Cc1ccccn1)CC1(C(=O)O)CCCCCC1. The van der Waals surface area contributed by atoms with Gasteiger partial charge < -0.3 is 5.11 Å². The number of aromatic nitrogens is 1. The van der Waals surface area contributed by atoms with Gasteiger partial charge in [-0.05, 0) is 31.5 Å². The van der Waals surface area contributed by atoms with Crippen molar-refractivity contribution in [1.82, 2.24) is 9.88 Å². The lowest BCUT2D eigenvalue weighted by molar-refractivity contribution is -0.151. The highest BCUT2D eigenvalue weighted by molar-refractivity contribution is 5.75. The molecule has 0 bridgehead atoms. The molecule has 4 nitrogen and oxygen atoms in total. The maximum Gasteiger partial charge on any atom is 0.310 e. The van der Waals surface area contributed by atoms with Crippen molar-refractivity contribution < 1.29 is 9.90 Å². The Balaban J connectivity index is 2.08. The topological polar surface area (TPSA) is 53.4 Å². The highest BCUT2D eigenvalue weighted by Gasteiger charge is 2.39. The van der Waals surface area contributed by atoms with E-state index >= 15 is 0 Å². The highest BCUT2D eigenvalue weighted by atomic mass is 16.4. The Morgan fingerprint density at radius 1 is 1.29 bits per heavy atom. The zero-order valence-electron chi connectivity index (χ0n) is 12.9. The van der Waals surface area contributed by atoms with E-state index < -0.39 is 11.4 Å². The second-order valence-electron chi connectivity index (χ2n) is 6.12. The van der Waals surface area contributed by atoms with Crippen LogP contribution in [0.5, 0.6) is 0 Å². The molecule has 0 aliphatic heterocycles. The predicted molar refractivity (Wildman–Crippen MR) is 83.0 cm³/mol. The minimum absolute atomic E-state index is 0.568. The van der Waals surface area contributed by atoms with Gasteiger partial charge in [0.1, 0.15) is 0 Å². The molecule has 1 aromatic heterocycles. The Kier molecular flexibility index (Phi) is 5.74. The molecule has 1 aliphatic carbocycles. The van der Waals surface area contributed by atoms with Crippen LogP contribution in [0.4, 0.5) is 0 Å². The number of carboxylic acid groups (broad SMARTS) is 1. The van der Waals surface area contributed by atoms with Gasteiger partial charge in [0, 0.05) is 19.3 Å². The summed E-state index contributed by atoms with van der Waals surface area (Å²) < 4.78 is 0. The first kappa shape index (κ1) is 16.0. The Hall–Kier alpha value is -1.42. The molecular weight excluding hydrogens is 264 g/mol. The van der Waals surface area contributed by atoms with Gasteiger partial charge in [0.2, 0.25) is 0 Å². The van der Waals surface area contributed by atoms with Gasteiger partial charge in [-0.2, -0.15) is 0 Å². The summed E-state index contributed by atoms with van der Waals surface area (Å²) in [5.41, 5.74) is 0.440. The van der Waals surface area contributed by atoms with Crippen molar-refractivity contribution in [2.75, 3.05) is 13.1 Å². The van der Waals surface area contributed by atoms with E-state index in [1.165, 1.54) is 12.8 Å². The standard InChI is InChI=1S/C17H26N2O2/c1-2-19(13-15-9-5-8-12-18-15)14-17(16(20)21)10-6-3-4-7-11-17/h5,8-9,12H,2-4,6-7,10-11,13-14H2,1H3,(H,20,21). The van der Waals surface area contributed by atoms with Crippen molar-refractivity contribution >= 4 is 5.97 Å². The third kappa shape index (κ3) is 4.27. The van der Waals surface area contributed by atoms with Crippen LogP contribution in [-0.4, -0.2) is 34.0 Å². The molecular formula is C17H26N2O2. The second kappa shape index (κ2) is 7.55. The van der Waals surface area contributed by atoms with Gasteiger partial charge in [0.05, 0.1) is 11.1 Å². The fourth-order valence-corrected chi connectivity index (χ4v) is 3.27. The van der Waals surface area contributed by atoms with Gasteiger partial charge in [-0.1, -0.05) is 38.7 Å². The van der Waals surface area contributed by atoms with E-state index in [4.69, 9.17) is 0 Å². The summed E-state index contributed by atoms with van der Waals surface area (Å²) in [5.74, 6) is -0.621. The van der Waals surface area contributed by atoms with E-state index in [1.54, 1.807) is 6.20 Å². The van der Waals surface area contributed by atoms with Gasteiger partial charge in [0.15, 0.2) is 0 Å². The third-order valence-electron chi connectivity index (χ3n) is 4.60. The monoisotopic (exact) mass is 290 g/mol. The van der Waals surface area contributed by atoms with Crippen LogP contribution < -0.4 is 0 Å². The summed E-state index contributed by atoms with van der Waals surface area (Å²) >= 11 is 0. The third-order valence-corrected chi connectivity index (χ3v) is 4.60. The second-order valence-corrected chi connectivity index (χ2v) is 6.12. The average molecular weight is 290 g/mol. The Morgan fingerprint density at radius 2 is 2.00 bits per heavy atom. The molecule has 0 radical (unpaired) electrons. The molecule has 4 heteroatoms. The van der Waals surface area contributed by atoms with Crippen molar-refractivity contribution in [3.63, 3.8) is 0 Å². The normalized spacial score (nSPS) is 18.4. The van der Waals surface area contributed by atoms with Gasteiger partial charge >= 0.3 is 5.97 Å².